The molecular weight excluding hydrogens is 310 g/mol. The number of carbonyl (C=O) groups is 3. The molecule has 0 unspecified atom stereocenters. The maximum atomic E-state index is 12.1. The number of carbonyl (C=O) groups excluding carboxylic acids is 3. The molecule has 3 amide bonds. The van der Waals surface area contributed by atoms with Gasteiger partial charge < -0.3 is 15.5 Å². The van der Waals surface area contributed by atoms with Crippen LogP contribution in [0.4, 0.5) is 4.79 Å². The fourth-order valence-electron chi connectivity index (χ4n) is 3.11. The van der Waals surface area contributed by atoms with E-state index in [-0.39, 0.29) is 0 Å². The number of rotatable bonds is 3. The van der Waals surface area contributed by atoms with Crippen molar-refractivity contribution < 1.29 is 19.1 Å². The lowest BCUT2D eigenvalue weighted by molar-refractivity contribution is -0.123. The first-order valence-corrected chi connectivity index (χ1v) is 7.84. The van der Waals surface area contributed by atoms with Crippen LogP contribution in [0, 0.1) is 5.92 Å². The number of H-pyrrole nitrogens is 1. The van der Waals surface area contributed by atoms with Crippen LogP contribution in [0.2, 0.25) is 0 Å². The van der Waals surface area contributed by atoms with Crippen LogP contribution in [0.5, 0.6) is 0 Å². The highest BCUT2D eigenvalue weighted by molar-refractivity contribution is 5.98. The quantitative estimate of drug-likeness (QED) is 0.743. The van der Waals surface area contributed by atoms with Crippen LogP contribution in [0.1, 0.15) is 35.0 Å². The molecule has 24 heavy (non-hydrogen) atoms. The lowest BCUT2D eigenvalue weighted by atomic mass is 9.87. The van der Waals surface area contributed by atoms with Crippen LogP contribution in [0.3, 0.4) is 0 Å². The van der Waals surface area contributed by atoms with E-state index in [0.29, 0.717) is 11.5 Å². The zero-order valence-electron chi connectivity index (χ0n) is 13.3. The Bertz CT molecular complexity index is 825. The molecule has 0 radical (unpaired) electrons. The summed E-state index contributed by atoms with van der Waals surface area (Å²) in [4.78, 5) is 37.4. The Hall–Kier alpha value is -2.83. The van der Waals surface area contributed by atoms with E-state index in [1.807, 2.05) is 11.4 Å². The topological polar surface area (TPSA) is 114 Å². The van der Waals surface area contributed by atoms with Gasteiger partial charge in [0.1, 0.15) is 0 Å². The van der Waals surface area contributed by atoms with Gasteiger partial charge in [-0.05, 0) is 48.9 Å². The Labute approximate surface area is 138 Å². The predicted octanol–water partition coefficient (Wildman–Crippen LogP) is 1.64. The van der Waals surface area contributed by atoms with Crippen LogP contribution < -0.4 is 11.1 Å². The number of fused-ring (bicyclic) bond motifs is 3. The third-order valence-electron chi connectivity index (χ3n) is 4.27. The maximum absolute atomic E-state index is 12.1. The van der Waals surface area contributed by atoms with Gasteiger partial charge in [-0.15, -0.1) is 0 Å². The Balaban J connectivity index is 1.77. The van der Waals surface area contributed by atoms with Gasteiger partial charge in [0.05, 0.1) is 5.56 Å². The second-order valence-electron chi connectivity index (χ2n) is 6.18. The molecule has 0 spiro atoms. The van der Waals surface area contributed by atoms with Crippen LogP contribution in [0.15, 0.2) is 18.2 Å². The van der Waals surface area contributed by atoms with E-state index < -0.39 is 24.5 Å². The fraction of sp³-hybridized carbons (Fsp3) is 0.353. The van der Waals surface area contributed by atoms with Crippen molar-refractivity contribution in [3.05, 3.63) is 35.0 Å². The van der Waals surface area contributed by atoms with E-state index >= 15 is 0 Å². The minimum absolute atomic E-state index is 0.370. The van der Waals surface area contributed by atoms with Crippen molar-refractivity contribution >= 4 is 28.8 Å². The number of aryl methyl sites for hydroxylation is 1. The number of aromatic nitrogens is 1. The number of benzene rings is 1. The van der Waals surface area contributed by atoms with E-state index in [9.17, 15) is 14.4 Å². The molecule has 0 fully saturated rings. The number of hydrogen-bond acceptors (Lipinski definition) is 4. The van der Waals surface area contributed by atoms with Crippen molar-refractivity contribution in [3.8, 4) is 0 Å². The molecule has 0 saturated heterocycles. The first-order chi connectivity index (χ1) is 11.4. The van der Waals surface area contributed by atoms with Gasteiger partial charge in [-0.25, -0.2) is 9.59 Å². The largest absolute Gasteiger partial charge is 0.452 e. The van der Waals surface area contributed by atoms with Crippen LogP contribution in [-0.2, 0) is 22.4 Å². The second-order valence-corrected chi connectivity index (χ2v) is 6.18. The number of aromatic amines is 1. The molecule has 1 aromatic carbocycles. The molecule has 0 saturated carbocycles. The van der Waals surface area contributed by atoms with Crippen molar-refractivity contribution in [3.63, 3.8) is 0 Å². The summed E-state index contributed by atoms with van der Waals surface area (Å²) in [6.07, 6.45) is 3.15. The molecular formula is C17H19N3O4. The normalized spacial score (nSPS) is 16.5. The summed E-state index contributed by atoms with van der Waals surface area (Å²) in [6, 6.07) is 4.31. The lowest BCUT2D eigenvalue weighted by Crippen LogP contribution is -2.37. The van der Waals surface area contributed by atoms with Gasteiger partial charge in [0, 0.05) is 16.6 Å². The first-order valence-electron chi connectivity index (χ1n) is 7.84. The third kappa shape index (κ3) is 3.24. The summed E-state index contributed by atoms with van der Waals surface area (Å²) in [5, 5.41) is 2.86. The zero-order valence-corrected chi connectivity index (χ0v) is 13.3. The monoisotopic (exact) mass is 329 g/mol. The van der Waals surface area contributed by atoms with E-state index in [4.69, 9.17) is 10.5 Å². The average molecular weight is 329 g/mol. The summed E-state index contributed by atoms with van der Waals surface area (Å²) >= 11 is 0. The highest BCUT2D eigenvalue weighted by atomic mass is 16.5. The van der Waals surface area contributed by atoms with E-state index in [1.165, 1.54) is 11.3 Å². The Morgan fingerprint density at radius 3 is 2.92 bits per heavy atom. The van der Waals surface area contributed by atoms with Gasteiger partial charge in [0.25, 0.3) is 5.91 Å². The predicted molar refractivity (Wildman–Crippen MR) is 87.5 cm³/mol. The van der Waals surface area contributed by atoms with Crippen LogP contribution in [-0.4, -0.2) is 29.5 Å². The highest BCUT2D eigenvalue weighted by Crippen LogP contribution is 2.32. The Morgan fingerprint density at radius 1 is 1.38 bits per heavy atom. The molecule has 4 N–H and O–H groups in total. The van der Waals surface area contributed by atoms with Gasteiger partial charge in [-0.3, -0.25) is 10.1 Å². The molecule has 1 atom stereocenters. The molecule has 126 valence electrons. The number of hydrogen-bond donors (Lipinski definition) is 3. The summed E-state index contributed by atoms with van der Waals surface area (Å²) in [5.41, 5.74) is 8.68. The first kappa shape index (κ1) is 16.0. The summed E-state index contributed by atoms with van der Waals surface area (Å²) in [6.45, 7) is 1.67. The lowest BCUT2D eigenvalue weighted by Gasteiger charge is -2.18. The van der Waals surface area contributed by atoms with E-state index in [0.717, 1.165) is 30.2 Å². The number of imide groups is 1. The van der Waals surface area contributed by atoms with Crippen LogP contribution >= 0.6 is 0 Å². The summed E-state index contributed by atoms with van der Waals surface area (Å²) < 4.78 is 4.91. The molecule has 1 aliphatic rings. The minimum atomic E-state index is -0.981. The van der Waals surface area contributed by atoms with Gasteiger partial charge >= 0.3 is 12.0 Å². The van der Waals surface area contributed by atoms with Crippen molar-refractivity contribution in [2.75, 3.05) is 6.61 Å². The Morgan fingerprint density at radius 2 is 2.17 bits per heavy atom. The molecule has 1 heterocycles. The highest BCUT2D eigenvalue weighted by Gasteiger charge is 2.21. The van der Waals surface area contributed by atoms with E-state index in [1.54, 1.807) is 12.1 Å². The fourth-order valence-corrected chi connectivity index (χ4v) is 3.11. The number of ether oxygens (including phenoxy) is 1. The van der Waals surface area contributed by atoms with Crippen molar-refractivity contribution in [2.45, 2.75) is 26.2 Å². The van der Waals surface area contributed by atoms with Crippen LogP contribution in [0.25, 0.3) is 10.9 Å². The SMILES string of the molecule is C[C@H]1CCc2[nH]c3ccc(C(=O)OCC(=O)NC(N)=O)cc3c2C1. The smallest absolute Gasteiger partial charge is 0.338 e. The number of nitrogens with one attached hydrogen (secondary N) is 2. The molecule has 7 heteroatoms. The standard InChI is InChI=1S/C17H19N3O4/c1-9-2-4-13-11(6-9)12-7-10(3-5-14(12)19-13)16(22)24-8-15(21)20-17(18)23/h3,5,7,9,19H,2,4,6,8H2,1H3,(H3,18,20,21,23)/t9-/m0/s1. The van der Waals surface area contributed by atoms with Gasteiger partial charge in [-0.2, -0.15) is 0 Å². The number of amides is 3. The van der Waals surface area contributed by atoms with Crippen molar-refractivity contribution in [1.29, 1.82) is 0 Å². The minimum Gasteiger partial charge on any atom is -0.452 e. The maximum Gasteiger partial charge on any atom is 0.338 e. The summed E-state index contributed by atoms with van der Waals surface area (Å²) in [5.74, 6) is -0.760. The van der Waals surface area contributed by atoms with Gasteiger partial charge in [0.15, 0.2) is 6.61 Å². The molecule has 7 nitrogen and oxygen atoms in total. The molecule has 2 aromatic rings. The second kappa shape index (κ2) is 6.35. The van der Waals surface area contributed by atoms with Gasteiger partial charge in [0.2, 0.25) is 0 Å². The third-order valence-corrected chi connectivity index (χ3v) is 4.27. The number of primary amides is 1. The number of urea groups is 1. The molecule has 3 rings (SSSR count). The van der Waals surface area contributed by atoms with Gasteiger partial charge in [-0.1, -0.05) is 6.92 Å². The average Bonchev–Trinajstić information content (AvgIpc) is 2.89. The molecule has 1 aliphatic carbocycles. The molecule has 0 bridgehead atoms. The van der Waals surface area contributed by atoms with E-state index in [2.05, 4.69) is 11.9 Å². The zero-order chi connectivity index (χ0) is 17.3. The van der Waals surface area contributed by atoms with Crippen molar-refractivity contribution in [2.24, 2.45) is 11.7 Å². The number of esters is 1. The number of nitrogens with two attached hydrogens (primary N) is 1. The summed E-state index contributed by atoms with van der Waals surface area (Å²) in [7, 11) is 0. The Kier molecular flexibility index (Phi) is 4.24. The molecule has 0 aliphatic heterocycles. The molecule has 1 aromatic heterocycles. The van der Waals surface area contributed by atoms with Crippen molar-refractivity contribution in [1.82, 2.24) is 10.3 Å².